The summed E-state index contributed by atoms with van der Waals surface area (Å²) >= 11 is 1.10. The maximum absolute atomic E-state index is 12.0. The predicted octanol–water partition coefficient (Wildman–Crippen LogP) is 2.91. The number of hydrogen-bond acceptors (Lipinski definition) is 6. The van der Waals surface area contributed by atoms with Crippen LogP contribution in [0.5, 0.6) is 0 Å². The van der Waals surface area contributed by atoms with Gasteiger partial charge in [-0.15, -0.1) is 0 Å². The van der Waals surface area contributed by atoms with Crippen molar-refractivity contribution in [1.82, 2.24) is 9.97 Å². The summed E-state index contributed by atoms with van der Waals surface area (Å²) < 4.78 is 5.18. The monoisotopic (exact) mass is 319 g/mol. The lowest BCUT2D eigenvalue weighted by Gasteiger charge is -2.05. The van der Waals surface area contributed by atoms with Crippen molar-refractivity contribution in [3.05, 3.63) is 40.7 Å². The number of nitrogens with zero attached hydrogens (tertiary/aromatic N) is 2. The van der Waals surface area contributed by atoms with E-state index < -0.39 is 5.97 Å². The fourth-order valence-corrected chi connectivity index (χ4v) is 2.47. The Morgan fingerprint density at radius 1 is 1.41 bits per heavy atom. The molecular formula is C15H17N3O3S. The highest BCUT2D eigenvalue weighted by molar-refractivity contribution is 7.17. The predicted molar refractivity (Wildman–Crippen MR) is 84.2 cm³/mol. The maximum atomic E-state index is 12.0. The van der Waals surface area contributed by atoms with Crippen molar-refractivity contribution in [3.8, 4) is 0 Å². The van der Waals surface area contributed by atoms with Gasteiger partial charge in [-0.25, -0.2) is 9.78 Å². The van der Waals surface area contributed by atoms with Crippen molar-refractivity contribution in [1.29, 1.82) is 0 Å². The number of hydrogen-bond donors (Lipinski definition) is 1. The van der Waals surface area contributed by atoms with E-state index in [1.807, 2.05) is 13.8 Å². The van der Waals surface area contributed by atoms with Gasteiger partial charge in [0.25, 0.3) is 5.91 Å². The molecule has 0 aliphatic heterocycles. The standard InChI is InChI=1S/C15H17N3O3S/c1-9(2)8-21-14(20)12-10(3)17-15(22-12)18-13(19)11-5-4-6-16-7-11/h4-7,9H,8H2,1-3H3,(H,17,18,19). The zero-order valence-electron chi connectivity index (χ0n) is 12.6. The molecule has 0 spiro atoms. The fourth-order valence-electron chi connectivity index (χ4n) is 1.61. The average molecular weight is 319 g/mol. The van der Waals surface area contributed by atoms with Crippen LogP contribution in [0.4, 0.5) is 5.13 Å². The van der Waals surface area contributed by atoms with Crippen molar-refractivity contribution in [3.63, 3.8) is 0 Å². The summed E-state index contributed by atoms with van der Waals surface area (Å²) in [6, 6.07) is 3.33. The molecule has 0 aromatic carbocycles. The van der Waals surface area contributed by atoms with Gasteiger partial charge in [0, 0.05) is 12.4 Å². The van der Waals surface area contributed by atoms with Crippen LogP contribution in [0.3, 0.4) is 0 Å². The van der Waals surface area contributed by atoms with E-state index in [0.717, 1.165) is 11.3 Å². The Hall–Kier alpha value is -2.28. The van der Waals surface area contributed by atoms with Crippen molar-refractivity contribution in [2.24, 2.45) is 5.92 Å². The van der Waals surface area contributed by atoms with Crippen molar-refractivity contribution < 1.29 is 14.3 Å². The highest BCUT2D eigenvalue weighted by atomic mass is 32.1. The molecule has 1 N–H and O–H groups in total. The van der Waals surface area contributed by atoms with E-state index in [1.54, 1.807) is 25.3 Å². The smallest absolute Gasteiger partial charge is 0.350 e. The molecule has 0 radical (unpaired) electrons. The highest BCUT2D eigenvalue weighted by Gasteiger charge is 2.18. The van der Waals surface area contributed by atoms with Crippen LogP contribution in [-0.2, 0) is 4.74 Å². The van der Waals surface area contributed by atoms with Crippen LogP contribution in [0.1, 0.15) is 39.6 Å². The van der Waals surface area contributed by atoms with E-state index >= 15 is 0 Å². The highest BCUT2D eigenvalue weighted by Crippen LogP contribution is 2.24. The van der Waals surface area contributed by atoms with Gasteiger partial charge < -0.3 is 4.74 Å². The van der Waals surface area contributed by atoms with E-state index in [2.05, 4.69) is 15.3 Å². The van der Waals surface area contributed by atoms with Crippen molar-refractivity contribution >= 4 is 28.3 Å². The molecule has 2 aromatic heterocycles. The molecule has 0 bridgehead atoms. The van der Waals surface area contributed by atoms with Crippen LogP contribution in [0.2, 0.25) is 0 Å². The number of amides is 1. The van der Waals surface area contributed by atoms with Gasteiger partial charge in [-0.1, -0.05) is 25.2 Å². The number of anilines is 1. The number of ether oxygens (including phenoxy) is 1. The Balaban J connectivity index is 2.06. The van der Waals surface area contributed by atoms with Gasteiger partial charge in [0.05, 0.1) is 17.9 Å². The summed E-state index contributed by atoms with van der Waals surface area (Å²) in [5, 5.41) is 3.02. The van der Waals surface area contributed by atoms with E-state index in [9.17, 15) is 9.59 Å². The SMILES string of the molecule is Cc1nc(NC(=O)c2cccnc2)sc1C(=O)OCC(C)C. The number of carbonyl (C=O) groups is 2. The Kier molecular flexibility index (Phi) is 5.21. The van der Waals surface area contributed by atoms with E-state index in [0.29, 0.717) is 27.9 Å². The number of carbonyl (C=O) groups excluding carboxylic acids is 2. The lowest BCUT2D eigenvalue weighted by atomic mass is 10.2. The van der Waals surface area contributed by atoms with Crippen molar-refractivity contribution in [2.45, 2.75) is 20.8 Å². The summed E-state index contributed by atoms with van der Waals surface area (Å²) in [6.07, 6.45) is 3.06. The topological polar surface area (TPSA) is 81.2 Å². The summed E-state index contributed by atoms with van der Waals surface area (Å²) in [7, 11) is 0. The zero-order valence-corrected chi connectivity index (χ0v) is 13.4. The molecule has 116 valence electrons. The van der Waals surface area contributed by atoms with Gasteiger partial charge in [-0.05, 0) is 25.0 Å². The number of esters is 1. The van der Waals surface area contributed by atoms with Gasteiger partial charge >= 0.3 is 5.97 Å². The van der Waals surface area contributed by atoms with Crippen LogP contribution in [0.25, 0.3) is 0 Å². The third-order valence-electron chi connectivity index (χ3n) is 2.67. The molecular weight excluding hydrogens is 302 g/mol. The molecule has 2 aromatic rings. The Morgan fingerprint density at radius 3 is 2.82 bits per heavy atom. The number of thiazole rings is 1. The number of pyridine rings is 1. The molecule has 7 heteroatoms. The first kappa shape index (κ1) is 16.1. The van der Waals surface area contributed by atoms with Gasteiger partial charge in [0.2, 0.25) is 0 Å². The second-order valence-corrected chi connectivity index (χ2v) is 6.12. The first-order chi connectivity index (χ1) is 10.5. The fraction of sp³-hybridized carbons (Fsp3) is 0.333. The lowest BCUT2D eigenvalue weighted by Crippen LogP contribution is -2.11. The van der Waals surface area contributed by atoms with Gasteiger partial charge in [0.1, 0.15) is 4.88 Å². The van der Waals surface area contributed by atoms with Crippen LogP contribution in [-0.4, -0.2) is 28.5 Å². The van der Waals surface area contributed by atoms with E-state index in [4.69, 9.17) is 4.74 Å². The quantitative estimate of drug-likeness (QED) is 0.857. The number of rotatable bonds is 5. The average Bonchev–Trinajstić information content (AvgIpc) is 2.86. The molecule has 0 saturated heterocycles. The summed E-state index contributed by atoms with van der Waals surface area (Å²) in [5.41, 5.74) is 0.972. The van der Waals surface area contributed by atoms with Gasteiger partial charge in [-0.3, -0.25) is 15.1 Å². The van der Waals surface area contributed by atoms with E-state index in [1.165, 1.54) is 6.20 Å². The van der Waals surface area contributed by atoms with Gasteiger partial charge in [0.15, 0.2) is 5.13 Å². The minimum atomic E-state index is -0.412. The largest absolute Gasteiger partial charge is 0.461 e. The molecule has 0 aliphatic rings. The van der Waals surface area contributed by atoms with Gasteiger partial charge in [-0.2, -0.15) is 0 Å². The van der Waals surface area contributed by atoms with Crippen LogP contribution < -0.4 is 5.32 Å². The second-order valence-electron chi connectivity index (χ2n) is 5.12. The maximum Gasteiger partial charge on any atom is 0.350 e. The molecule has 0 atom stereocenters. The molecule has 0 saturated carbocycles. The lowest BCUT2D eigenvalue weighted by molar-refractivity contribution is 0.0463. The summed E-state index contributed by atoms with van der Waals surface area (Å²) in [5.74, 6) is -0.462. The first-order valence-electron chi connectivity index (χ1n) is 6.83. The number of aryl methyl sites for hydroxylation is 1. The van der Waals surface area contributed by atoms with Crippen LogP contribution in [0.15, 0.2) is 24.5 Å². The van der Waals surface area contributed by atoms with E-state index in [-0.39, 0.29) is 11.8 Å². The Bertz CT molecular complexity index is 668. The normalized spacial score (nSPS) is 10.5. The Morgan fingerprint density at radius 2 is 2.18 bits per heavy atom. The number of aromatic nitrogens is 2. The first-order valence-corrected chi connectivity index (χ1v) is 7.65. The molecule has 2 heterocycles. The molecule has 0 fully saturated rings. The minimum Gasteiger partial charge on any atom is -0.461 e. The molecule has 22 heavy (non-hydrogen) atoms. The van der Waals surface area contributed by atoms with Crippen LogP contribution in [0, 0.1) is 12.8 Å². The molecule has 6 nitrogen and oxygen atoms in total. The van der Waals surface area contributed by atoms with Crippen molar-refractivity contribution in [2.75, 3.05) is 11.9 Å². The minimum absolute atomic E-state index is 0.266. The zero-order chi connectivity index (χ0) is 16.1. The summed E-state index contributed by atoms with van der Waals surface area (Å²) in [4.78, 5) is 32.5. The molecule has 0 unspecified atom stereocenters. The summed E-state index contributed by atoms with van der Waals surface area (Å²) in [6.45, 7) is 5.99. The second kappa shape index (κ2) is 7.13. The third kappa shape index (κ3) is 4.11. The molecule has 0 aliphatic carbocycles. The molecule has 2 rings (SSSR count). The number of nitrogens with one attached hydrogen (secondary N) is 1. The third-order valence-corrected chi connectivity index (χ3v) is 3.73. The molecule has 1 amide bonds. The van der Waals surface area contributed by atoms with Crippen LogP contribution >= 0.6 is 11.3 Å². The Labute approximate surface area is 132 Å².